The fourth-order valence-electron chi connectivity index (χ4n) is 2.06. The number of hydrogen-bond acceptors (Lipinski definition) is 6. The number of carbonyl (C=O) groups is 1. The minimum atomic E-state index is -0.513. The molecule has 3 rings (SSSR count). The van der Waals surface area contributed by atoms with E-state index in [4.69, 9.17) is 11.6 Å². The number of tetrazole rings is 1. The second-order valence-corrected chi connectivity index (χ2v) is 5.38. The molecule has 3 aromatic rings. The summed E-state index contributed by atoms with van der Waals surface area (Å²) in [6.07, 6.45) is 0. The van der Waals surface area contributed by atoms with Gasteiger partial charge in [0.25, 0.3) is 5.69 Å². The minimum absolute atomic E-state index is 0.0553. The number of nitrogens with zero attached hydrogens (tertiary/aromatic N) is 5. The SMILES string of the molecule is O=C(Cn1nnc(-c2ccccc2Cl)n1)Nc1ccc([N+](=O)[O-])cc1. The van der Waals surface area contributed by atoms with Crippen LogP contribution in [0, 0.1) is 10.1 Å². The van der Waals surface area contributed by atoms with E-state index >= 15 is 0 Å². The first-order valence-electron chi connectivity index (χ1n) is 7.10. The van der Waals surface area contributed by atoms with Crippen LogP contribution in [0.15, 0.2) is 48.5 Å². The van der Waals surface area contributed by atoms with E-state index in [0.29, 0.717) is 22.1 Å². The third-order valence-corrected chi connectivity index (χ3v) is 3.54. The molecule has 1 amide bonds. The number of rotatable bonds is 5. The molecule has 0 bridgehead atoms. The van der Waals surface area contributed by atoms with E-state index in [1.807, 2.05) is 0 Å². The molecule has 1 heterocycles. The van der Waals surface area contributed by atoms with Gasteiger partial charge in [-0.15, -0.1) is 10.2 Å². The van der Waals surface area contributed by atoms with E-state index in [-0.39, 0.29) is 12.2 Å². The average Bonchev–Trinajstić information content (AvgIpc) is 3.03. The van der Waals surface area contributed by atoms with Crippen molar-refractivity contribution in [3.8, 4) is 11.4 Å². The lowest BCUT2D eigenvalue weighted by Gasteiger charge is -2.03. The summed E-state index contributed by atoms with van der Waals surface area (Å²) in [7, 11) is 0. The van der Waals surface area contributed by atoms with E-state index in [9.17, 15) is 14.9 Å². The summed E-state index contributed by atoms with van der Waals surface area (Å²) >= 11 is 6.07. The molecule has 0 aliphatic carbocycles. The molecular formula is C15H11ClN6O3. The molecule has 0 unspecified atom stereocenters. The molecule has 10 heteroatoms. The van der Waals surface area contributed by atoms with Gasteiger partial charge < -0.3 is 5.32 Å². The highest BCUT2D eigenvalue weighted by atomic mass is 35.5. The predicted octanol–water partition coefficient (Wildman–Crippen LogP) is 2.54. The lowest BCUT2D eigenvalue weighted by atomic mass is 10.2. The fourth-order valence-corrected chi connectivity index (χ4v) is 2.28. The maximum Gasteiger partial charge on any atom is 0.269 e. The summed E-state index contributed by atoms with van der Waals surface area (Å²) in [4.78, 5) is 23.2. The van der Waals surface area contributed by atoms with E-state index < -0.39 is 10.8 Å². The average molecular weight is 359 g/mol. The Labute approximate surface area is 146 Å². The fraction of sp³-hybridized carbons (Fsp3) is 0.0667. The van der Waals surface area contributed by atoms with Gasteiger partial charge in [0.2, 0.25) is 11.7 Å². The quantitative estimate of drug-likeness (QED) is 0.553. The summed E-state index contributed by atoms with van der Waals surface area (Å²) in [6.45, 7) is -0.158. The van der Waals surface area contributed by atoms with Gasteiger partial charge in [-0.1, -0.05) is 23.7 Å². The molecule has 2 aromatic carbocycles. The van der Waals surface area contributed by atoms with Gasteiger partial charge in [0.05, 0.1) is 9.95 Å². The van der Waals surface area contributed by atoms with Crippen molar-refractivity contribution in [2.75, 3.05) is 5.32 Å². The van der Waals surface area contributed by atoms with Gasteiger partial charge >= 0.3 is 0 Å². The number of non-ortho nitro benzene ring substituents is 1. The lowest BCUT2D eigenvalue weighted by Crippen LogP contribution is -2.20. The number of benzene rings is 2. The minimum Gasteiger partial charge on any atom is -0.324 e. The van der Waals surface area contributed by atoms with Gasteiger partial charge in [-0.3, -0.25) is 14.9 Å². The molecule has 0 radical (unpaired) electrons. The molecule has 126 valence electrons. The van der Waals surface area contributed by atoms with Crippen molar-refractivity contribution in [1.29, 1.82) is 0 Å². The Bertz CT molecular complexity index is 925. The molecule has 0 atom stereocenters. The maximum absolute atomic E-state index is 12.0. The predicted molar refractivity (Wildman–Crippen MR) is 90.0 cm³/mol. The number of carbonyl (C=O) groups excluding carboxylic acids is 1. The number of nitrogens with one attached hydrogen (secondary N) is 1. The number of nitro benzene ring substituents is 1. The molecule has 0 aliphatic heterocycles. The van der Waals surface area contributed by atoms with Gasteiger partial charge in [-0.25, -0.2) is 0 Å². The first kappa shape index (κ1) is 16.5. The zero-order valence-corrected chi connectivity index (χ0v) is 13.4. The van der Waals surface area contributed by atoms with Gasteiger partial charge in [0.1, 0.15) is 6.54 Å². The van der Waals surface area contributed by atoms with Crippen LogP contribution >= 0.6 is 11.6 Å². The maximum atomic E-state index is 12.0. The standard InChI is InChI=1S/C15H11ClN6O3/c16-13-4-2-1-3-12(13)15-18-20-21(19-15)9-14(23)17-10-5-7-11(8-6-10)22(24)25/h1-8H,9H2,(H,17,23). The zero-order valence-electron chi connectivity index (χ0n) is 12.7. The third-order valence-electron chi connectivity index (χ3n) is 3.21. The second kappa shape index (κ2) is 7.05. The molecule has 1 aromatic heterocycles. The molecule has 25 heavy (non-hydrogen) atoms. The molecular weight excluding hydrogens is 348 g/mol. The van der Waals surface area contributed by atoms with Crippen LogP contribution in [-0.4, -0.2) is 31.0 Å². The number of amides is 1. The van der Waals surface area contributed by atoms with Gasteiger partial charge in [0.15, 0.2) is 0 Å². The summed E-state index contributed by atoms with van der Waals surface area (Å²) in [5.74, 6) is -0.0781. The molecule has 0 saturated carbocycles. The summed E-state index contributed by atoms with van der Waals surface area (Å²) in [5.41, 5.74) is 0.994. The summed E-state index contributed by atoms with van der Waals surface area (Å²) < 4.78 is 0. The van der Waals surface area contributed by atoms with Crippen LogP contribution in [0.4, 0.5) is 11.4 Å². The number of hydrogen-bond donors (Lipinski definition) is 1. The highest BCUT2D eigenvalue weighted by molar-refractivity contribution is 6.33. The first-order chi connectivity index (χ1) is 12.0. The monoisotopic (exact) mass is 358 g/mol. The Morgan fingerprint density at radius 1 is 1.20 bits per heavy atom. The van der Waals surface area contributed by atoms with Crippen LogP contribution in [0.3, 0.4) is 0 Å². The smallest absolute Gasteiger partial charge is 0.269 e. The molecule has 0 saturated heterocycles. The Hall–Kier alpha value is -3.33. The van der Waals surface area contributed by atoms with Crippen molar-refractivity contribution >= 4 is 28.9 Å². The van der Waals surface area contributed by atoms with E-state index in [1.165, 1.54) is 24.3 Å². The number of aromatic nitrogens is 4. The number of anilines is 1. The van der Waals surface area contributed by atoms with Crippen LogP contribution < -0.4 is 5.32 Å². The highest BCUT2D eigenvalue weighted by Crippen LogP contribution is 2.23. The molecule has 0 aliphatic rings. The van der Waals surface area contributed by atoms with E-state index in [0.717, 1.165) is 4.80 Å². The summed E-state index contributed by atoms with van der Waals surface area (Å²) in [5, 5.41) is 25.5. The molecule has 9 nitrogen and oxygen atoms in total. The third kappa shape index (κ3) is 3.96. The Kier molecular flexibility index (Phi) is 4.66. The Balaban J connectivity index is 1.66. The van der Waals surface area contributed by atoms with Crippen molar-refractivity contribution < 1.29 is 9.72 Å². The zero-order chi connectivity index (χ0) is 17.8. The van der Waals surface area contributed by atoms with Crippen LogP contribution in [0.25, 0.3) is 11.4 Å². The van der Waals surface area contributed by atoms with Crippen molar-refractivity contribution in [2.45, 2.75) is 6.54 Å². The first-order valence-corrected chi connectivity index (χ1v) is 7.48. The second-order valence-electron chi connectivity index (χ2n) is 4.98. The normalized spacial score (nSPS) is 10.4. The van der Waals surface area contributed by atoms with Crippen molar-refractivity contribution in [1.82, 2.24) is 20.2 Å². The van der Waals surface area contributed by atoms with Crippen molar-refractivity contribution in [3.05, 3.63) is 63.7 Å². The molecule has 0 spiro atoms. The van der Waals surface area contributed by atoms with E-state index in [2.05, 4.69) is 20.7 Å². The van der Waals surface area contributed by atoms with Crippen LogP contribution in [0.2, 0.25) is 5.02 Å². The number of nitro groups is 1. The Morgan fingerprint density at radius 2 is 1.92 bits per heavy atom. The van der Waals surface area contributed by atoms with Crippen LogP contribution in [0.1, 0.15) is 0 Å². The number of halogens is 1. The molecule has 1 N–H and O–H groups in total. The van der Waals surface area contributed by atoms with Gasteiger partial charge in [0, 0.05) is 23.4 Å². The highest BCUT2D eigenvalue weighted by Gasteiger charge is 2.12. The van der Waals surface area contributed by atoms with Gasteiger partial charge in [-0.2, -0.15) is 4.80 Å². The van der Waals surface area contributed by atoms with Crippen molar-refractivity contribution in [2.24, 2.45) is 0 Å². The van der Waals surface area contributed by atoms with Crippen LogP contribution in [-0.2, 0) is 11.3 Å². The topological polar surface area (TPSA) is 116 Å². The largest absolute Gasteiger partial charge is 0.324 e. The molecule has 0 fully saturated rings. The lowest BCUT2D eigenvalue weighted by molar-refractivity contribution is -0.384. The van der Waals surface area contributed by atoms with Crippen molar-refractivity contribution in [3.63, 3.8) is 0 Å². The summed E-state index contributed by atoms with van der Waals surface area (Å²) in [6, 6.07) is 12.5. The van der Waals surface area contributed by atoms with Crippen LogP contribution in [0.5, 0.6) is 0 Å². The van der Waals surface area contributed by atoms with E-state index in [1.54, 1.807) is 24.3 Å². The Morgan fingerprint density at radius 3 is 2.60 bits per heavy atom. The van der Waals surface area contributed by atoms with Gasteiger partial charge in [-0.05, 0) is 29.5 Å².